The Kier molecular flexibility index (Phi) is 6.18. The lowest BCUT2D eigenvalue weighted by atomic mass is 10.4. The van der Waals surface area contributed by atoms with E-state index in [1.54, 1.807) is 6.92 Å². The van der Waals surface area contributed by atoms with Crippen LogP contribution >= 0.6 is 0 Å². The van der Waals surface area contributed by atoms with Crippen molar-refractivity contribution in [2.45, 2.75) is 29.6 Å². The third-order valence-corrected chi connectivity index (χ3v) is 10.8. The minimum Gasteiger partial charge on any atom is -0.212 e. The van der Waals surface area contributed by atoms with Crippen molar-refractivity contribution in [3.63, 3.8) is 0 Å². The zero-order chi connectivity index (χ0) is 20.6. The zero-order valence-electron chi connectivity index (χ0n) is 15.7. The Morgan fingerprint density at radius 1 is 0.643 bits per heavy atom. The van der Waals surface area contributed by atoms with Gasteiger partial charge >= 0.3 is 0 Å². The summed E-state index contributed by atoms with van der Waals surface area (Å²) in [5.74, 6) is -0.0211. The lowest BCUT2D eigenvalue weighted by Gasteiger charge is -2.33. The number of nitrogens with zero attached hydrogens (tertiary/aromatic N) is 3. The number of benzene rings is 1. The van der Waals surface area contributed by atoms with Crippen molar-refractivity contribution in [1.82, 2.24) is 12.9 Å². The summed E-state index contributed by atoms with van der Waals surface area (Å²) in [7, 11) is -10.8. The molecular formula is C16H25N3O6S3. The van der Waals surface area contributed by atoms with Gasteiger partial charge in [-0.25, -0.2) is 25.3 Å². The number of sulfonamides is 3. The Morgan fingerprint density at radius 2 is 1.00 bits per heavy atom. The van der Waals surface area contributed by atoms with Crippen LogP contribution in [0.2, 0.25) is 0 Å². The van der Waals surface area contributed by atoms with Crippen LogP contribution in [0.15, 0.2) is 34.1 Å². The molecule has 3 rings (SSSR count). The molecule has 1 aromatic carbocycles. The molecule has 2 aliphatic rings. The zero-order valence-corrected chi connectivity index (χ0v) is 18.1. The maximum atomic E-state index is 12.8. The first-order valence-electron chi connectivity index (χ1n) is 9.17. The molecule has 0 bridgehead atoms. The van der Waals surface area contributed by atoms with Gasteiger partial charge < -0.3 is 0 Å². The van der Waals surface area contributed by atoms with Crippen LogP contribution in [0.4, 0.5) is 0 Å². The standard InChI is InChI=1S/C16H25N3O6S3/c1-2-26(20,21)17-11-13-19(14-12-17)28(24,25)16-7-5-15(6-8-16)27(22,23)18-9-3-4-10-18/h5-8H,2-4,9-14H2,1H3. The summed E-state index contributed by atoms with van der Waals surface area (Å²) < 4.78 is 78.5. The van der Waals surface area contributed by atoms with Gasteiger partial charge in [0.15, 0.2) is 0 Å². The normalized spacial score (nSPS) is 21.2. The summed E-state index contributed by atoms with van der Waals surface area (Å²) in [5, 5.41) is 0. The van der Waals surface area contributed by atoms with E-state index < -0.39 is 30.1 Å². The quantitative estimate of drug-likeness (QED) is 0.608. The number of piperazine rings is 1. The van der Waals surface area contributed by atoms with Crippen molar-refractivity contribution in [3.8, 4) is 0 Å². The smallest absolute Gasteiger partial charge is 0.212 e. The van der Waals surface area contributed by atoms with E-state index in [0.717, 1.165) is 12.8 Å². The van der Waals surface area contributed by atoms with E-state index in [9.17, 15) is 25.3 Å². The van der Waals surface area contributed by atoms with Crippen LogP contribution in [0.25, 0.3) is 0 Å². The molecule has 158 valence electrons. The third kappa shape index (κ3) is 4.12. The van der Waals surface area contributed by atoms with Crippen molar-refractivity contribution in [2.24, 2.45) is 0 Å². The van der Waals surface area contributed by atoms with Crippen molar-refractivity contribution < 1.29 is 25.3 Å². The van der Waals surface area contributed by atoms with Crippen LogP contribution in [0, 0.1) is 0 Å². The lowest BCUT2D eigenvalue weighted by Crippen LogP contribution is -2.50. The van der Waals surface area contributed by atoms with Crippen molar-refractivity contribution >= 4 is 30.1 Å². The number of hydrogen-bond acceptors (Lipinski definition) is 6. The maximum Gasteiger partial charge on any atom is 0.243 e. The van der Waals surface area contributed by atoms with Crippen LogP contribution < -0.4 is 0 Å². The van der Waals surface area contributed by atoms with Crippen LogP contribution in [-0.2, 0) is 30.1 Å². The first-order chi connectivity index (χ1) is 13.1. The highest BCUT2D eigenvalue weighted by molar-refractivity contribution is 7.90. The molecule has 2 heterocycles. The fourth-order valence-electron chi connectivity index (χ4n) is 3.38. The van der Waals surface area contributed by atoms with Gasteiger partial charge in [0.25, 0.3) is 0 Å². The molecule has 1 aromatic rings. The Morgan fingerprint density at radius 3 is 1.39 bits per heavy atom. The third-order valence-electron chi connectivity index (χ3n) is 5.12. The largest absolute Gasteiger partial charge is 0.243 e. The molecule has 0 saturated carbocycles. The average molecular weight is 452 g/mol. The van der Waals surface area contributed by atoms with Crippen molar-refractivity contribution in [3.05, 3.63) is 24.3 Å². The second-order valence-electron chi connectivity index (χ2n) is 6.79. The van der Waals surface area contributed by atoms with Gasteiger partial charge in [-0.15, -0.1) is 0 Å². The van der Waals surface area contributed by atoms with Crippen LogP contribution in [-0.4, -0.2) is 83.2 Å². The molecule has 0 spiro atoms. The Balaban J connectivity index is 1.75. The van der Waals surface area contributed by atoms with Crippen molar-refractivity contribution in [1.29, 1.82) is 0 Å². The molecule has 0 unspecified atom stereocenters. The topological polar surface area (TPSA) is 112 Å². The molecule has 9 nitrogen and oxygen atoms in total. The van der Waals surface area contributed by atoms with Gasteiger partial charge in [0.05, 0.1) is 15.5 Å². The van der Waals surface area contributed by atoms with E-state index >= 15 is 0 Å². The molecule has 28 heavy (non-hydrogen) atoms. The van der Waals surface area contributed by atoms with E-state index in [2.05, 4.69) is 0 Å². The average Bonchev–Trinajstić information content (AvgIpc) is 3.24. The lowest BCUT2D eigenvalue weighted by molar-refractivity contribution is 0.273. The minimum absolute atomic E-state index is 0.000305. The molecule has 0 radical (unpaired) electrons. The predicted octanol–water partition coefficient (Wildman–Crippen LogP) is 0.127. The van der Waals surface area contributed by atoms with Gasteiger partial charge in [-0.3, -0.25) is 0 Å². The van der Waals surface area contributed by atoms with Gasteiger partial charge in [0.2, 0.25) is 30.1 Å². The SMILES string of the molecule is CCS(=O)(=O)N1CCN(S(=O)(=O)c2ccc(S(=O)(=O)N3CCCC3)cc2)CC1. The number of hydrogen-bond donors (Lipinski definition) is 0. The summed E-state index contributed by atoms with van der Waals surface area (Å²) in [6.45, 7) is 2.86. The van der Waals surface area contributed by atoms with E-state index in [4.69, 9.17) is 0 Å². The van der Waals surface area contributed by atoms with E-state index in [0.29, 0.717) is 13.1 Å². The predicted molar refractivity (Wildman–Crippen MR) is 104 cm³/mol. The molecule has 12 heteroatoms. The Labute approximate surface area is 167 Å². The second-order valence-corrected chi connectivity index (χ2v) is 12.9. The first kappa shape index (κ1) is 21.7. The van der Waals surface area contributed by atoms with Gasteiger partial charge in [0, 0.05) is 39.3 Å². The first-order valence-corrected chi connectivity index (χ1v) is 13.7. The highest BCUT2D eigenvalue weighted by Crippen LogP contribution is 2.24. The minimum atomic E-state index is -3.82. The summed E-state index contributed by atoms with van der Waals surface area (Å²) in [5.41, 5.74) is 0. The van der Waals surface area contributed by atoms with Gasteiger partial charge in [-0.2, -0.15) is 12.9 Å². The number of rotatable bonds is 6. The van der Waals surface area contributed by atoms with E-state index in [1.165, 1.54) is 37.2 Å². The Hall–Kier alpha value is -1.05. The van der Waals surface area contributed by atoms with Crippen molar-refractivity contribution in [2.75, 3.05) is 45.0 Å². The molecule has 0 aliphatic carbocycles. The monoisotopic (exact) mass is 451 g/mol. The van der Waals surface area contributed by atoms with Gasteiger partial charge in [0.1, 0.15) is 0 Å². The second kappa shape index (κ2) is 8.00. The van der Waals surface area contributed by atoms with Crippen LogP contribution in [0.1, 0.15) is 19.8 Å². The highest BCUT2D eigenvalue weighted by atomic mass is 32.2. The van der Waals surface area contributed by atoms with E-state index in [-0.39, 0.29) is 41.7 Å². The summed E-state index contributed by atoms with van der Waals surface area (Å²) in [6.07, 6.45) is 1.65. The maximum absolute atomic E-state index is 12.8. The molecule has 0 atom stereocenters. The Bertz CT molecular complexity index is 1010. The fraction of sp³-hybridized carbons (Fsp3) is 0.625. The molecule has 0 aromatic heterocycles. The summed E-state index contributed by atoms with van der Waals surface area (Å²) >= 11 is 0. The highest BCUT2D eigenvalue weighted by Gasteiger charge is 2.33. The summed E-state index contributed by atoms with van der Waals surface area (Å²) in [4.78, 5) is 0.0758. The molecule has 0 N–H and O–H groups in total. The molecular weight excluding hydrogens is 426 g/mol. The van der Waals surface area contributed by atoms with Gasteiger partial charge in [-0.1, -0.05) is 0 Å². The summed E-state index contributed by atoms with van der Waals surface area (Å²) in [6, 6.07) is 5.23. The van der Waals surface area contributed by atoms with E-state index in [1.807, 2.05) is 0 Å². The molecule has 2 fully saturated rings. The molecule has 2 saturated heterocycles. The molecule has 0 amide bonds. The van der Waals surface area contributed by atoms with Crippen LogP contribution in [0.3, 0.4) is 0 Å². The molecule has 2 aliphatic heterocycles. The van der Waals surface area contributed by atoms with Gasteiger partial charge in [-0.05, 0) is 44.0 Å². The van der Waals surface area contributed by atoms with Crippen LogP contribution in [0.5, 0.6) is 0 Å². The fourth-order valence-corrected chi connectivity index (χ4v) is 7.41.